The van der Waals surface area contributed by atoms with Crippen LogP contribution in [-0.4, -0.2) is 24.1 Å². The second kappa shape index (κ2) is 5.23. The van der Waals surface area contributed by atoms with Crippen LogP contribution in [0.4, 0.5) is 5.82 Å². The molecular formula is C13H14ClN3O. The molecule has 1 aromatic heterocycles. The van der Waals surface area contributed by atoms with E-state index in [1.54, 1.807) is 13.2 Å². The molecule has 1 heterocycles. The predicted octanol–water partition coefficient (Wildman–Crippen LogP) is 3.16. The van der Waals surface area contributed by atoms with Crippen LogP contribution in [0.15, 0.2) is 24.5 Å². The number of methoxy groups -OCH3 is 1. The van der Waals surface area contributed by atoms with Gasteiger partial charge >= 0.3 is 0 Å². The van der Waals surface area contributed by atoms with Crippen molar-refractivity contribution in [3.8, 4) is 17.0 Å². The standard InChI is InChI=1S/C13H14ClN3O/c1-8-12(16-7-17-13(8)15-2)10-6-9(14)4-5-11(10)18-3/h4-7H,1-3H3,(H,15,16,17). The van der Waals surface area contributed by atoms with Crippen LogP contribution >= 0.6 is 11.6 Å². The summed E-state index contributed by atoms with van der Waals surface area (Å²) < 4.78 is 5.34. The fourth-order valence-electron chi connectivity index (χ4n) is 1.84. The molecule has 0 amide bonds. The molecule has 0 aliphatic carbocycles. The van der Waals surface area contributed by atoms with Crippen molar-refractivity contribution in [1.82, 2.24) is 9.97 Å². The van der Waals surface area contributed by atoms with Crippen molar-refractivity contribution in [2.75, 3.05) is 19.5 Å². The molecule has 0 saturated heterocycles. The fourth-order valence-corrected chi connectivity index (χ4v) is 2.01. The Balaban J connectivity index is 2.64. The Bertz CT molecular complexity index is 572. The van der Waals surface area contributed by atoms with Crippen LogP contribution in [0, 0.1) is 6.92 Å². The molecule has 0 unspecified atom stereocenters. The quantitative estimate of drug-likeness (QED) is 0.924. The van der Waals surface area contributed by atoms with Crippen LogP contribution in [-0.2, 0) is 0 Å². The van der Waals surface area contributed by atoms with E-state index in [2.05, 4.69) is 15.3 Å². The monoisotopic (exact) mass is 263 g/mol. The number of nitrogens with one attached hydrogen (secondary N) is 1. The van der Waals surface area contributed by atoms with Gasteiger partial charge in [0.2, 0.25) is 0 Å². The summed E-state index contributed by atoms with van der Waals surface area (Å²) in [6.07, 6.45) is 1.52. The van der Waals surface area contributed by atoms with Gasteiger partial charge in [-0.05, 0) is 25.1 Å². The van der Waals surface area contributed by atoms with Gasteiger partial charge in [0.1, 0.15) is 17.9 Å². The van der Waals surface area contributed by atoms with Gasteiger partial charge in [0, 0.05) is 23.2 Å². The first-order valence-electron chi connectivity index (χ1n) is 5.50. The Kier molecular flexibility index (Phi) is 3.67. The maximum Gasteiger partial charge on any atom is 0.132 e. The van der Waals surface area contributed by atoms with Crippen molar-refractivity contribution in [3.05, 3.63) is 35.1 Å². The van der Waals surface area contributed by atoms with Crippen LogP contribution in [0.25, 0.3) is 11.3 Å². The molecule has 2 rings (SSSR count). The Labute approximate surface area is 111 Å². The molecule has 0 bridgehead atoms. The van der Waals surface area contributed by atoms with E-state index in [1.165, 1.54) is 6.33 Å². The first-order valence-corrected chi connectivity index (χ1v) is 5.88. The van der Waals surface area contributed by atoms with E-state index in [1.807, 2.05) is 26.1 Å². The number of nitrogens with zero attached hydrogens (tertiary/aromatic N) is 2. The first-order chi connectivity index (χ1) is 8.67. The molecule has 1 N–H and O–H groups in total. The normalized spacial score (nSPS) is 10.2. The molecule has 2 aromatic rings. The van der Waals surface area contributed by atoms with E-state index in [0.29, 0.717) is 5.02 Å². The highest BCUT2D eigenvalue weighted by atomic mass is 35.5. The van der Waals surface area contributed by atoms with E-state index in [9.17, 15) is 0 Å². The molecule has 0 atom stereocenters. The van der Waals surface area contributed by atoms with Crippen LogP contribution in [0.2, 0.25) is 5.02 Å². The van der Waals surface area contributed by atoms with Gasteiger partial charge in [0.15, 0.2) is 0 Å². The summed E-state index contributed by atoms with van der Waals surface area (Å²) in [6.45, 7) is 1.96. The van der Waals surface area contributed by atoms with Crippen molar-refractivity contribution < 1.29 is 4.74 Å². The first kappa shape index (κ1) is 12.6. The number of rotatable bonds is 3. The van der Waals surface area contributed by atoms with Crippen LogP contribution in [0.1, 0.15) is 5.56 Å². The third kappa shape index (κ3) is 2.24. The van der Waals surface area contributed by atoms with Crippen molar-refractivity contribution in [2.45, 2.75) is 6.92 Å². The summed E-state index contributed by atoms with van der Waals surface area (Å²) in [4.78, 5) is 8.48. The third-order valence-electron chi connectivity index (χ3n) is 2.74. The summed E-state index contributed by atoms with van der Waals surface area (Å²) in [7, 11) is 3.45. The number of aromatic nitrogens is 2. The molecule has 5 heteroatoms. The van der Waals surface area contributed by atoms with Gasteiger partial charge in [-0.25, -0.2) is 9.97 Å². The lowest BCUT2D eigenvalue weighted by molar-refractivity contribution is 0.416. The Morgan fingerprint density at radius 3 is 2.72 bits per heavy atom. The molecular weight excluding hydrogens is 250 g/mol. The van der Waals surface area contributed by atoms with Crippen molar-refractivity contribution in [3.63, 3.8) is 0 Å². The maximum absolute atomic E-state index is 6.04. The molecule has 0 saturated carbocycles. The van der Waals surface area contributed by atoms with E-state index in [4.69, 9.17) is 16.3 Å². The van der Waals surface area contributed by atoms with E-state index < -0.39 is 0 Å². The Morgan fingerprint density at radius 1 is 1.28 bits per heavy atom. The number of hydrogen-bond donors (Lipinski definition) is 1. The zero-order valence-corrected chi connectivity index (χ0v) is 11.2. The second-order valence-corrected chi connectivity index (χ2v) is 4.23. The molecule has 18 heavy (non-hydrogen) atoms. The molecule has 4 nitrogen and oxygen atoms in total. The minimum absolute atomic E-state index is 0.648. The third-order valence-corrected chi connectivity index (χ3v) is 2.97. The van der Waals surface area contributed by atoms with Crippen LogP contribution < -0.4 is 10.1 Å². The Hall–Kier alpha value is -1.81. The lowest BCUT2D eigenvalue weighted by Gasteiger charge is -2.12. The number of hydrogen-bond acceptors (Lipinski definition) is 4. The minimum Gasteiger partial charge on any atom is -0.496 e. The lowest BCUT2D eigenvalue weighted by Crippen LogP contribution is -2.00. The summed E-state index contributed by atoms with van der Waals surface area (Å²) >= 11 is 6.04. The highest BCUT2D eigenvalue weighted by Crippen LogP contribution is 2.34. The van der Waals surface area contributed by atoms with E-state index >= 15 is 0 Å². The zero-order valence-electron chi connectivity index (χ0n) is 10.5. The topological polar surface area (TPSA) is 47.0 Å². The molecule has 1 aromatic carbocycles. The van der Waals surface area contributed by atoms with Gasteiger partial charge in [0.25, 0.3) is 0 Å². The number of ether oxygens (including phenoxy) is 1. The Morgan fingerprint density at radius 2 is 2.06 bits per heavy atom. The summed E-state index contributed by atoms with van der Waals surface area (Å²) in [5.74, 6) is 1.53. The van der Waals surface area contributed by atoms with Crippen LogP contribution in [0.5, 0.6) is 5.75 Å². The van der Waals surface area contributed by atoms with Gasteiger partial charge in [-0.1, -0.05) is 11.6 Å². The largest absolute Gasteiger partial charge is 0.496 e. The van der Waals surface area contributed by atoms with Gasteiger partial charge in [-0.15, -0.1) is 0 Å². The molecule has 0 aliphatic rings. The second-order valence-electron chi connectivity index (χ2n) is 3.79. The predicted molar refractivity (Wildman–Crippen MR) is 73.3 cm³/mol. The van der Waals surface area contributed by atoms with E-state index in [0.717, 1.165) is 28.4 Å². The number of anilines is 1. The summed E-state index contributed by atoms with van der Waals surface area (Å²) in [5, 5.41) is 3.68. The highest BCUT2D eigenvalue weighted by Gasteiger charge is 2.13. The molecule has 94 valence electrons. The maximum atomic E-state index is 6.04. The number of halogens is 1. The van der Waals surface area contributed by atoms with Crippen molar-refractivity contribution in [1.29, 1.82) is 0 Å². The molecule has 0 aliphatic heterocycles. The van der Waals surface area contributed by atoms with Crippen molar-refractivity contribution >= 4 is 17.4 Å². The minimum atomic E-state index is 0.648. The molecule has 0 spiro atoms. The van der Waals surface area contributed by atoms with Gasteiger partial charge < -0.3 is 10.1 Å². The zero-order chi connectivity index (χ0) is 13.1. The molecule has 0 radical (unpaired) electrons. The summed E-state index contributed by atoms with van der Waals surface area (Å²) in [6, 6.07) is 5.47. The van der Waals surface area contributed by atoms with Gasteiger partial charge in [-0.3, -0.25) is 0 Å². The van der Waals surface area contributed by atoms with E-state index in [-0.39, 0.29) is 0 Å². The highest BCUT2D eigenvalue weighted by molar-refractivity contribution is 6.31. The smallest absolute Gasteiger partial charge is 0.132 e. The van der Waals surface area contributed by atoms with Crippen LogP contribution in [0.3, 0.4) is 0 Å². The van der Waals surface area contributed by atoms with Gasteiger partial charge in [0.05, 0.1) is 12.8 Å². The van der Waals surface area contributed by atoms with Gasteiger partial charge in [-0.2, -0.15) is 0 Å². The average Bonchev–Trinajstić information content (AvgIpc) is 2.39. The molecule has 0 fully saturated rings. The average molecular weight is 264 g/mol. The SMILES string of the molecule is CNc1ncnc(-c2cc(Cl)ccc2OC)c1C. The lowest BCUT2D eigenvalue weighted by atomic mass is 10.1. The van der Waals surface area contributed by atoms with Crippen molar-refractivity contribution in [2.24, 2.45) is 0 Å². The fraction of sp³-hybridized carbons (Fsp3) is 0.231. The summed E-state index contributed by atoms with van der Waals surface area (Å²) in [5.41, 5.74) is 2.63. The number of benzene rings is 1.